The largest absolute Gasteiger partial charge is 0.337 e. The van der Waals surface area contributed by atoms with Crippen molar-refractivity contribution in [2.75, 3.05) is 5.32 Å². The van der Waals surface area contributed by atoms with Gasteiger partial charge in [0.05, 0.1) is 31.8 Å². The summed E-state index contributed by atoms with van der Waals surface area (Å²) in [7, 11) is 0. The first-order chi connectivity index (χ1) is 11.3. The number of benzene rings is 2. The molecular weight excluding hydrogens is 383 g/mol. The Bertz CT molecular complexity index is 943. The second kappa shape index (κ2) is 6.55. The second-order valence-corrected chi connectivity index (χ2v) is 6.08. The highest BCUT2D eigenvalue weighted by atomic mass is 35.5. The highest BCUT2D eigenvalue weighted by molar-refractivity contribution is 6.44. The number of nitrogens with zero attached hydrogens (tertiary/aromatic N) is 1. The van der Waals surface area contributed by atoms with Gasteiger partial charge in [-0.15, -0.1) is 0 Å². The summed E-state index contributed by atoms with van der Waals surface area (Å²) >= 11 is 17.7. The van der Waals surface area contributed by atoms with Gasteiger partial charge in [0.15, 0.2) is 5.82 Å². The smallest absolute Gasteiger partial charge is 0.295 e. The fraction of sp³-hybridized carbons (Fsp3) is 0.0667. The fourth-order valence-electron chi connectivity index (χ4n) is 2.09. The fourth-order valence-corrected chi connectivity index (χ4v) is 2.68. The van der Waals surface area contributed by atoms with E-state index in [1.54, 1.807) is 0 Å². The first-order valence-corrected chi connectivity index (χ1v) is 7.72. The summed E-state index contributed by atoms with van der Waals surface area (Å²) in [6.07, 6.45) is -2.72. The molecule has 0 aliphatic rings. The third kappa shape index (κ3) is 3.31. The zero-order chi connectivity index (χ0) is 17.4. The number of carbonyl (C=O) groups is 1. The summed E-state index contributed by atoms with van der Waals surface area (Å²) in [4.78, 5) is 18.5. The van der Waals surface area contributed by atoms with Gasteiger partial charge in [0.1, 0.15) is 0 Å². The lowest BCUT2D eigenvalue weighted by atomic mass is 10.2. The van der Waals surface area contributed by atoms with Crippen LogP contribution in [0.1, 0.15) is 22.6 Å². The molecule has 0 aliphatic heterocycles. The normalized spacial score (nSPS) is 11.2. The summed E-state index contributed by atoms with van der Waals surface area (Å²) in [5, 5.41) is 3.31. The molecule has 0 aliphatic carbocycles. The van der Waals surface area contributed by atoms with Crippen molar-refractivity contribution in [1.82, 2.24) is 9.97 Å². The zero-order valence-corrected chi connectivity index (χ0v) is 14.0. The second-order valence-electron chi connectivity index (χ2n) is 4.85. The zero-order valence-electron chi connectivity index (χ0n) is 11.7. The number of anilines is 1. The van der Waals surface area contributed by atoms with Gasteiger partial charge in [-0.25, -0.2) is 13.8 Å². The van der Waals surface area contributed by atoms with Crippen LogP contribution >= 0.6 is 34.8 Å². The lowest BCUT2D eigenvalue weighted by molar-refractivity contribution is 0.102. The Kier molecular flexibility index (Phi) is 4.62. The number of amides is 1. The van der Waals surface area contributed by atoms with Crippen LogP contribution in [0, 0.1) is 0 Å². The number of nitrogens with one attached hydrogen (secondary N) is 2. The number of fused-ring (bicyclic) bond motifs is 1. The van der Waals surface area contributed by atoms with E-state index >= 15 is 0 Å². The van der Waals surface area contributed by atoms with Crippen LogP contribution < -0.4 is 5.32 Å². The Morgan fingerprint density at radius 2 is 1.79 bits per heavy atom. The molecule has 0 unspecified atom stereocenters. The number of aromatic amines is 1. The van der Waals surface area contributed by atoms with Crippen LogP contribution in [-0.4, -0.2) is 15.9 Å². The van der Waals surface area contributed by atoms with Crippen molar-refractivity contribution in [2.45, 2.75) is 6.43 Å². The van der Waals surface area contributed by atoms with Crippen molar-refractivity contribution < 1.29 is 13.6 Å². The first-order valence-electron chi connectivity index (χ1n) is 6.59. The van der Waals surface area contributed by atoms with Gasteiger partial charge in [0, 0.05) is 5.56 Å². The van der Waals surface area contributed by atoms with E-state index < -0.39 is 18.2 Å². The van der Waals surface area contributed by atoms with Crippen LogP contribution in [0.3, 0.4) is 0 Å². The Morgan fingerprint density at radius 1 is 1.08 bits per heavy atom. The maximum atomic E-state index is 12.7. The van der Waals surface area contributed by atoms with Crippen LogP contribution in [0.15, 0.2) is 30.3 Å². The molecule has 2 N–H and O–H groups in total. The van der Waals surface area contributed by atoms with Crippen molar-refractivity contribution in [2.24, 2.45) is 0 Å². The molecule has 1 amide bonds. The predicted molar refractivity (Wildman–Crippen MR) is 90.5 cm³/mol. The summed E-state index contributed by atoms with van der Waals surface area (Å²) in [6.45, 7) is 0. The number of hydrogen-bond acceptors (Lipinski definition) is 2. The number of rotatable bonds is 3. The molecule has 24 heavy (non-hydrogen) atoms. The van der Waals surface area contributed by atoms with Crippen molar-refractivity contribution in [3.8, 4) is 0 Å². The minimum Gasteiger partial charge on any atom is -0.337 e. The van der Waals surface area contributed by atoms with Crippen LogP contribution in [0.2, 0.25) is 15.1 Å². The molecule has 0 fully saturated rings. The first kappa shape index (κ1) is 17.0. The van der Waals surface area contributed by atoms with Gasteiger partial charge >= 0.3 is 0 Å². The SMILES string of the molecule is O=C(Nc1cc(Cl)c(Cl)cc1Cl)c1ccc2nc(C(F)F)[nH]c2c1. The molecule has 0 radical (unpaired) electrons. The standard InChI is InChI=1S/C15H8Cl3F2N3O/c16-7-4-9(18)11(5-8(7)17)23-15(24)6-1-2-10-12(3-6)22-14(21-10)13(19)20/h1-5,13H,(H,21,22)(H,23,24). The molecule has 0 atom stereocenters. The number of hydrogen-bond donors (Lipinski definition) is 2. The highest BCUT2D eigenvalue weighted by Gasteiger charge is 2.15. The van der Waals surface area contributed by atoms with Gasteiger partial charge in [-0.3, -0.25) is 4.79 Å². The highest BCUT2D eigenvalue weighted by Crippen LogP contribution is 2.32. The molecule has 2 aromatic carbocycles. The van der Waals surface area contributed by atoms with E-state index in [1.165, 1.54) is 30.3 Å². The molecule has 124 valence electrons. The Hall–Kier alpha value is -1.89. The summed E-state index contributed by atoms with van der Waals surface area (Å²) in [5.74, 6) is -0.930. The molecule has 0 spiro atoms. The van der Waals surface area contributed by atoms with Crippen molar-refractivity contribution in [1.29, 1.82) is 0 Å². The third-order valence-electron chi connectivity index (χ3n) is 3.23. The lowest BCUT2D eigenvalue weighted by Gasteiger charge is -2.09. The van der Waals surface area contributed by atoms with E-state index in [1.807, 2.05) is 0 Å². The molecule has 0 bridgehead atoms. The Balaban J connectivity index is 1.90. The monoisotopic (exact) mass is 389 g/mol. The predicted octanol–water partition coefficient (Wildman–Crippen LogP) is 5.71. The summed E-state index contributed by atoms with van der Waals surface area (Å²) < 4.78 is 25.3. The average molecular weight is 391 g/mol. The van der Waals surface area contributed by atoms with Crippen LogP contribution in [0.5, 0.6) is 0 Å². The van der Waals surface area contributed by atoms with Crippen molar-refractivity contribution in [3.63, 3.8) is 0 Å². The van der Waals surface area contributed by atoms with E-state index in [0.717, 1.165) is 0 Å². The minimum absolute atomic E-state index is 0.223. The van der Waals surface area contributed by atoms with Crippen LogP contribution in [-0.2, 0) is 0 Å². The summed E-state index contributed by atoms with van der Waals surface area (Å²) in [5.41, 5.74) is 1.20. The molecule has 3 aromatic rings. The van der Waals surface area contributed by atoms with E-state index in [2.05, 4.69) is 15.3 Å². The van der Waals surface area contributed by atoms with E-state index in [-0.39, 0.29) is 26.3 Å². The molecular formula is C15H8Cl3F2N3O. The Labute approximate surface area is 149 Å². The molecule has 1 aromatic heterocycles. The molecule has 1 heterocycles. The van der Waals surface area contributed by atoms with E-state index in [4.69, 9.17) is 34.8 Å². The van der Waals surface area contributed by atoms with Crippen molar-refractivity contribution >= 4 is 57.4 Å². The third-order valence-corrected chi connectivity index (χ3v) is 4.26. The van der Waals surface area contributed by atoms with Crippen LogP contribution in [0.4, 0.5) is 14.5 Å². The maximum absolute atomic E-state index is 12.7. The van der Waals surface area contributed by atoms with Gasteiger partial charge < -0.3 is 10.3 Å². The topological polar surface area (TPSA) is 57.8 Å². The van der Waals surface area contributed by atoms with Gasteiger partial charge in [-0.2, -0.15) is 0 Å². The molecule has 9 heteroatoms. The molecule has 4 nitrogen and oxygen atoms in total. The number of H-pyrrole nitrogens is 1. The van der Waals surface area contributed by atoms with Crippen molar-refractivity contribution in [3.05, 3.63) is 56.8 Å². The lowest BCUT2D eigenvalue weighted by Crippen LogP contribution is -2.12. The number of imidazole rings is 1. The van der Waals surface area contributed by atoms with E-state index in [9.17, 15) is 13.6 Å². The molecule has 0 saturated heterocycles. The number of alkyl halides is 2. The van der Waals surface area contributed by atoms with Gasteiger partial charge in [0.25, 0.3) is 12.3 Å². The quantitative estimate of drug-likeness (QED) is 0.563. The minimum atomic E-state index is -2.72. The van der Waals surface area contributed by atoms with E-state index in [0.29, 0.717) is 11.0 Å². The summed E-state index contributed by atoms with van der Waals surface area (Å²) in [6, 6.07) is 7.21. The number of carbonyl (C=O) groups excluding carboxylic acids is 1. The maximum Gasteiger partial charge on any atom is 0.295 e. The Morgan fingerprint density at radius 3 is 2.50 bits per heavy atom. The molecule has 0 saturated carbocycles. The van der Waals surface area contributed by atoms with Crippen LogP contribution in [0.25, 0.3) is 11.0 Å². The number of aromatic nitrogens is 2. The average Bonchev–Trinajstić information content (AvgIpc) is 2.96. The van der Waals surface area contributed by atoms with Gasteiger partial charge in [0.2, 0.25) is 0 Å². The van der Waals surface area contributed by atoms with Gasteiger partial charge in [-0.1, -0.05) is 34.8 Å². The van der Waals surface area contributed by atoms with Gasteiger partial charge in [-0.05, 0) is 30.3 Å². The number of halogens is 5. The molecule has 3 rings (SSSR count).